The molecule has 2 fully saturated rings. The number of aromatic amines is 1. The van der Waals surface area contributed by atoms with Crippen molar-refractivity contribution in [2.45, 2.75) is 65.0 Å². The van der Waals surface area contributed by atoms with Crippen LogP contribution in [0.25, 0.3) is 27.9 Å². The number of hydrogen-bond acceptors (Lipinski definition) is 6. The predicted octanol–water partition coefficient (Wildman–Crippen LogP) is 3.54. The Labute approximate surface area is 210 Å². The summed E-state index contributed by atoms with van der Waals surface area (Å²) in [5.41, 5.74) is 14.2. The summed E-state index contributed by atoms with van der Waals surface area (Å²) < 4.78 is 1.86. The number of nitrogens with zero attached hydrogens (tertiary/aromatic N) is 6. The van der Waals surface area contributed by atoms with Crippen LogP contribution in [-0.4, -0.2) is 67.1 Å². The van der Waals surface area contributed by atoms with Gasteiger partial charge in [-0.25, -0.2) is 14.5 Å². The monoisotopic (exact) mass is 486 g/mol. The third kappa shape index (κ3) is 3.64. The molecule has 1 amide bonds. The van der Waals surface area contributed by atoms with Crippen LogP contribution in [0, 0.1) is 13.8 Å². The van der Waals surface area contributed by atoms with Crippen molar-refractivity contribution < 1.29 is 4.79 Å². The highest BCUT2D eigenvalue weighted by molar-refractivity contribution is 5.90. The van der Waals surface area contributed by atoms with E-state index < -0.39 is 0 Å². The molecule has 0 saturated carbocycles. The van der Waals surface area contributed by atoms with E-state index in [1.54, 1.807) is 6.33 Å². The minimum Gasteiger partial charge on any atom is -0.370 e. The molecule has 36 heavy (non-hydrogen) atoms. The number of hydrogen-bond donors (Lipinski definition) is 2. The summed E-state index contributed by atoms with van der Waals surface area (Å²) in [5.74, 6) is 1.11. The van der Waals surface area contributed by atoms with Gasteiger partial charge in [0.1, 0.15) is 12.1 Å². The van der Waals surface area contributed by atoms with Crippen LogP contribution in [-0.2, 0) is 4.79 Å². The Morgan fingerprint density at radius 2 is 2.06 bits per heavy atom. The Hall–Kier alpha value is -3.46. The average Bonchev–Trinajstić information content (AvgIpc) is 3.55. The lowest BCUT2D eigenvalue weighted by atomic mass is 9.95. The minimum absolute atomic E-state index is 0.225. The molecule has 9 heteroatoms. The summed E-state index contributed by atoms with van der Waals surface area (Å²) in [6.07, 6.45) is 6.31. The molecule has 0 spiro atoms. The number of primary amides is 1. The van der Waals surface area contributed by atoms with Gasteiger partial charge in [0.15, 0.2) is 5.65 Å². The quantitative estimate of drug-likeness (QED) is 0.432. The number of nitrogens with two attached hydrogens (primary N) is 1. The largest absolute Gasteiger partial charge is 0.370 e. The Morgan fingerprint density at radius 1 is 1.22 bits per heavy atom. The van der Waals surface area contributed by atoms with Crippen molar-refractivity contribution in [3.63, 3.8) is 0 Å². The molecule has 3 N–H and O–H groups in total. The first-order valence-corrected chi connectivity index (χ1v) is 12.9. The zero-order valence-electron chi connectivity index (χ0n) is 21.5. The summed E-state index contributed by atoms with van der Waals surface area (Å²) in [6, 6.07) is 5.27. The molecule has 9 nitrogen and oxygen atoms in total. The van der Waals surface area contributed by atoms with Crippen LogP contribution >= 0.6 is 0 Å². The molecule has 2 bridgehead atoms. The van der Waals surface area contributed by atoms with Crippen LogP contribution in [0.4, 0.5) is 5.82 Å². The first-order valence-electron chi connectivity index (χ1n) is 12.9. The molecule has 188 valence electrons. The fourth-order valence-corrected chi connectivity index (χ4v) is 6.22. The van der Waals surface area contributed by atoms with E-state index in [4.69, 9.17) is 10.7 Å². The van der Waals surface area contributed by atoms with Gasteiger partial charge in [0.25, 0.3) is 0 Å². The van der Waals surface area contributed by atoms with Crippen molar-refractivity contribution in [1.29, 1.82) is 0 Å². The maximum absolute atomic E-state index is 11.3. The molecular weight excluding hydrogens is 452 g/mol. The van der Waals surface area contributed by atoms with Crippen molar-refractivity contribution in [2.75, 3.05) is 24.5 Å². The van der Waals surface area contributed by atoms with E-state index in [-0.39, 0.29) is 5.91 Å². The maximum Gasteiger partial charge on any atom is 0.218 e. The van der Waals surface area contributed by atoms with Crippen molar-refractivity contribution >= 4 is 28.4 Å². The number of H-pyrrole nitrogens is 1. The SMILES string of the molecule is Cc1c(-c2[nH]c3ccc(N4C[C@H]5C[C@@H]4CCN5CCC(N)=O)nc3c2C(C)C)cn2ncnc2c1C. The summed E-state index contributed by atoms with van der Waals surface area (Å²) in [6.45, 7) is 11.4. The molecule has 6 rings (SSSR count). The molecule has 0 radical (unpaired) electrons. The van der Waals surface area contributed by atoms with Gasteiger partial charge in [-0.15, -0.1) is 0 Å². The second kappa shape index (κ2) is 8.58. The number of piperidine rings is 1. The van der Waals surface area contributed by atoms with Crippen LogP contribution in [0.1, 0.15) is 55.7 Å². The van der Waals surface area contributed by atoms with Gasteiger partial charge in [-0.1, -0.05) is 13.8 Å². The topological polar surface area (TPSA) is 108 Å². The Morgan fingerprint density at radius 3 is 2.83 bits per heavy atom. The van der Waals surface area contributed by atoms with Crippen LogP contribution in [0.5, 0.6) is 0 Å². The van der Waals surface area contributed by atoms with Crippen molar-refractivity contribution in [2.24, 2.45) is 5.73 Å². The number of likely N-dealkylation sites (tertiary alicyclic amines) is 1. The molecule has 2 saturated heterocycles. The standard InChI is InChI=1S/C27H34N8O/c1-15(2)24-25(20-13-35-27(29-14-30-35)17(4)16(20)3)31-21-5-6-23(32-26(21)24)34-12-19-11-18(34)7-9-33(19)10-8-22(28)36/h5-6,13-15,18-19,31H,7-12H2,1-4H3,(H2,28,36)/t18-,19+/m0/s1. The minimum atomic E-state index is -0.225. The summed E-state index contributed by atoms with van der Waals surface area (Å²) in [7, 11) is 0. The lowest BCUT2D eigenvalue weighted by molar-refractivity contribution is -0.118. The van der Waals surface area contributed by atoms with E-state index in [0.29, 0.717) is 24.4 Å². The number of amides is 1. The normalized spacial score (nSPS) is 20.3. The number of aryl methyl sites for hydroxylation is 1. The molecule has 4 aromatic rings. The average molecular weight is 487 g/mol. The Kier molecular flexibility index (Phi) is 5.48. The van der Waals surface area contributed by atoms with E-state index in [2.05, 4.69) is 70.9 Å². The third-order valence-corrected chi connectivity index (χ3v) is 8.24. The van der Waals surface area contributed by atoms with E-state index in [1.807, 2.05) is 4.52 Å². The molecule has 0 unspecified atom stereocenters. The number of nitrogens with one attached hydrogen (secondary N) is 1. The highest BCUT2D eigenvalue weighted by atomic mass is 16.1. The van der Waals surface area contributed by atoms with Crippen LogP contribution in [0.3, 0.4) is 0 Å². The van der Waals surface area contributed by atoms with Crippen molar-refractivity contribution in [3.05, 3.63) is 41.3 Å². The molecule has 0 aromatic carbocycles. The van der Waals surface area contributed by atoms with Gasteiger partial charge in [-0.3, -0.25) is 9.69 Å². The molecule has 2 aliphatic heterocycles. The summed E-state index contributed by atoms with van der Waals surface area (Å²) >= 11 is 0. The predicted molar refractivity (Wildman–Crippen MR) is 141 cm³/mol. The summed E-state index contributed by atoms with van der Waals surface area (Å²) in [4.78, 5) is 29.6. The number of anilines is 1. The first kappa shape index (κ1) is 23.0. The molecular formula is C27H34N8O. The first-order chi connectivity index (χ1) is 17.3. The molecule has 2 atom stereocenters. The van der Waals surface area contributed by atoms with Gasteiger partial charge in [0, 0.05) is 55.5 Å². The number of carbonyl (C=O) groups excluding carboxylic acids is 1. The zero-order valence-corrected chi connectivity index (χ0v) is 21.5. The van der Waals surface area contributed by atoms with Gasteiger partial charge in [-0.2, -0.15) is 5.10 Å². The number of carbonyl (C=O) groups is 1. The van der Waals surface area contributed by atoms with E-state index in [9.17, 15) is 4.79 Å². The van der Waals surface area contributed by atoms with E-state index in [0.717, 1.165) is 71.8 Å². The highest BCUT2D eigenvalue weighted by Gasteiger charge is 2.40. The highest BCUT2D eigenvalue weighted by Crippen LogP contribution is 2.39. The number of rotatable bonds is 6. The van der Waals surface area contributed by atoms with Crippen LogP contribution in [0.2, 0.25) is 0 Å². The van der Waals surface area contributed by atoms with E-state index in [1.165, 1.54) is 11.1 Å². The van der Waals surface area contributed by atoms with Gasteiger partial charge in [0.05, 0.1) is 16.7 Å². The fraction of sp³-hybridized carbons (Fsp3) is 0.481. The zero-order chi connectivity index (χ0) is 25.1. The van der Waals surface area contributed by atoms with Gasteiger partial charge in [-0.05, 0) is 55.9 Å². The molecule has 0 aliphatic carbocycles. The Bertz CT molecular complexity index is 1470. The second-order valence-electron chi connectivity index (χ2n) is 10.7. The number of aromatic nitrogens is 5. The van der Waals surface area contributed by atoms with Gasteiger partial charge in [0.2, 0.25) is 5.91 Å². The van der Waals surface area contributed by atoms with Crippen LogP contribution in [0.15, 0.2) is 24.7 Å². The fourth-order valence-electron chi connectivity index (χ4n) is 6.22. The molecule has 4 aromatic heterocycles. The van der Waals surface area contributed by atoms with Crippen molar-refractivity contribution in [1.82, 2.24) is 29.5 Å². The molecule has 2 aliphatic rings. The lowest BCUT2D eigenvalue weighted by Crippen LogP contribution is -2.41. The van der Waals surface area contributed by atoms with Gasteiger partial charge >= 0.3 is 0 Å². The Balaban J connectivity index is 1.39. The molecule has 6 heterocycles. The lowest BCUT2D eigenvalue weighted by Gasteiger charge is -2.32. The smallest absolute Gasteiger partial charge is 0.218 e. The number of fused-ring (bicyclic) bond motifs is 4. The maximum atomic E-state index is 11.3. The van der Waals surface area contributed by atoms with E-state index >= 15 is 0 Å². The van der Waals surface area contributed by atoms with Crippen molar-refractivity contribution in [3.8, 4) is 11.3 Å². The van der Waals surface area contributed by atoms with Gasteiger partial charge < -0.3 is 15.6 Å². The second-order valence-corrected chi connectivity index (χ2v) is 10.7. The number of pyridine rings is 2. The summed E-state index contributed by atoms with van der Waals surface area (Å²) in [5, 5.41) is 4.40. The third-order valence-electron chi connectivity index (χ3n) is 8.24. The van der Waals surface area contributed by atoms with Crippen LogP contribution < -0.4 is 10.6 Å².